The summed E-state index contributed by atoms with van der Waals surface area (Å²) >= 11 is 3.40. The van der Waals surface area contributed by atoms with Crippen LogP contribution in [0.2, 0.25) is 0 Å². The molecule has 40 heavy (non-hydrogen) atoms. The van der Waals surface area contributed by atoms with E-state index in [9.17, 15) is 9.59 Å². The van der Waals surface area contributed by atoms with Crippen molar-refractivity contribution in [2.75, 3.05) is 19.7 Å². The number of Topliss-reactive ketones (excluding diaryl/α,β-unsaturated/α-hetero) is 1. The number of piperidine rings is 1. The Morgan fingerprint density at radius 1 is 1.18 bits per heavy atom. The summed E-state index contributed by atoms with van der Waals surface area (Å²) in [5.41, 5.74) is 4.55. The molecule has 0 spiro atoms. The standard InChI is InChI=1S/C29H31BrN2O3.H2O4S/c1-3-12-31-16-19-15-26-23(21-9-7-11-25(31)28(19)21)14-20(17-32(26)13-4-2)29(34)35-18-27(33)22-8-5-6-10-24(22)30;1-5(2,3)4/h4-11,16,20,23,26H,2-3,12-15,17-18H2,1H3;(H2,1,2,3,4)/t20?,23-,26-;/m1./s1. The summed E-state index contributed by atoms with van der Waals surface area (Å²) < 4.78 is 40.2. The number of hydrogen-bond acceptors (Lipinski definition) is 6. The van der Waals surface area contributed by atoms with Gasteiger partial charge in [-0.3, -0.25) is 23.6 Å². The molecule has 1 aromatic heterocycles. The summed E-state index contributed by atoms with van der Waals surface area (Å²) in [6.07, 6.45) is 7.05. The Balaban J connectivity index is 0.000000681. The van der Waals surface area contributed by atoms with Gasteiger partial charge in [-0.05, 0) is 42.5 Å². The van der Waals surface area contributed by atoms with Gasteiger partial charge in [-0.15, -0.1) is 6.58 Å². The number of nitrogens with zero attached hydrogens (tertiary/aromatic N) is 2. The number of benzene rings is 2. The van der Waals surface area contributed by atoms with Crippen LogP contribution in [0.3, 0.4) is 0 Å². The van der Waals surface area contributed by atoms with E-state index in [1.165, 1.54) is 22.0 Å². The number of aromatic nitrogens is 1. The number of esters is 1. The van der Waals surface area contributed by atoms with E-state index in [1.807, 2.05) is 18.2 Å². The van der Waals surface area contributed by atoms with Crippen LogP contribution >= 0.6 is 15.9 Å². The monoisotopic (exact) mass is 632 g/mol. The molecule has 1 saturated heterocycles. The molecule has 2 N–H and O–H groups in total. The van der Waals surface area contributed by atoms with Gasteiger partial charge >= 0.3 is 16.4 Å². The number of aryl methyl sites for hydroxylation is 1. The van der Waals surface area contributed by atoms with Gasteiger partial charge in [0.25, 0.3) is 0 Å². The molecule has 11 heteroatoms. The molecule has 2 aromatic carbocycles. The lowest BCUT2D eigenvalue weighted by Gasteiger charge is -2.46. The molecule has 3 aromatic rings. The highest BCUT2D eigenvalue weighted by atomic mass is 79.9. The molecule has 2 aliphatic rings. The van der Waals surface area contributed by atoms with Gasteiger partial charge in [0.2, 0.25) is 5.78 Å². The van der Waals surface area contributed by atoms with E-state index in [1.54, 1.807) is 12.1 Å². The van der Waals surface area contributed by atoms with Crippen molar-refractivity contribution in [3.63, 3.8) is 0 Å². The second-order valence-electron chi connectivity index (χ2n) is 10.1. The largest absolute Gasteiger partial charge is 0.457 e. The summed E-state index contributed by atoms with van der Waals surface area (Å²) in [6.45, 7) is 8.28. The zero-order valence-electron chi connectivity index (χ0n) is 22.2. The average Bonchev–Trinajstić information content (AvgIpc) is 3.25. The number of ketones is 1. The van der Waals surface area contributed by atoms with Crippen molar-refractivity contribution in [1.29, 1.82) is 0 Å². The number of likely N-dealkylation sites (tertiary alicyclic amines) is 1. The van der Waals surface area contributed by atoms with Gasteiger partial charge in [0.15, 0.2) is 6.61 Å². The molecule has 3 atom stereocenters. The predicted molar refractivity (Wildman–Crippen MR) is 156 cm³/mol. The predicted octanol–water partition coefficient (Wildman–Crippen LogP) is 5.10. The van der Waals surface area contributed by atoms with Crippen LogP contribution in [0.25, 0.3) is 10.9 Å². The molecule has 0 radical (unpaired) electrons. The Kier molecular flexibility index (Phi) is 9.63. The Morgan fingerprint density at radius 3 is 2.58 bits per heavy atom. The van der Waals surface area contributed by atoms with Crippen molar-refractivity contribution < 1.29 is 31.8 Å². The number of hydrogen-bond donors (Lipinski definition) is 2. The van der Waals surface area contributed by atoms with Crippen molar-refractivity contribution in [2.24, 2.45) is 5.92 Å². The van der Waals surface area contributed by atoms with E-state index in [4.69, 9.17) is 22.3 Å². The maximum atomic E-state index is 13.2. The van der Waals surface area contributed by atoms with Gasteiger partial charge in [0.05, 0.1) is 5.92 Å². The fraction of sp³-hybridized carbons (Fsp3) is 0.379. The molecule has 9 nitrogen and oxygen atoms in total. The van der Waals surface area contributed by atoms with Gasteiger partial charge in [0, 0.05) is 58.7 Å². The molecule has 1 unspecified atom stereocenters. The number of ether oxygens (including phenoxy) is 1. The Morgan fingerprint density at radius 2 is 1.90 bits per heavy atom. The minimum absolute atomic E-state index is 0.202. The van der Waals surface area contributed by atoms with E-state index < -0.39 is 10.4 Å². The van der Waals surface area contributed by atoms with Crippen molar-refractivity contribution in [3.8, 4) is 0 Å². The van der Waals surface area contributed by atoms with E-state index in [2.05, 4.69) is 63.3 Å². The molecule has 214 valence electrons. The van der Waals surface area contributed by atoms with Crippen LogP contribution in [0, 0.1) is 5.92 Å². The molecular weight excluding hydrogens is 600 g/mol. The topological polar surface area (TPSA) is 126 Å². The molecule has 0 bridgehead atoms. The molecule has 1 aliphatic carbocycles. The van der Waals surface area contributed by atoms with Crippen LogP contribution in [-0.2, 0) is 32.9 Å². The van der Waals surface area contributed by atoms with Crippen LogP contribution < -0.4 is 0 Å². The smallest absolute Gasteiger partial charge is 0.394 e. The van der Waals surface area contributed by atoms with Crippen molar-refractivity contribution in [1.82, 2.24) is 9.47 Å². The molecule has 1 aliphatic heterocycles. The molecule has 2 heterocycles. The van der Waals surface area contributed by atoms with E-state index in [-0.39, 0.29) is 30.2 Å². The zero-order chi connectivity index (χ0) is 29.0. The van der Waals surface area contributed by atoms with E-state index in [0.717, 1.165) is 32.4 Å². The maximum absolute atomic E-state index is 13.2. The number of carbonyl (C=O) groups excluding carboxylic acids is 2. The minimum atomic E-state index is -4.67. The highest BCUT2D eigenvalue weighted by molar-refractivity contribution is 9.10. The molecule has 0 saturated carbocycles. The lowest BCUT2D eigenvalue weighted by molar-refractivity contribution is -0.150. The first-order chi connectivity index (χ1) is 19.0. The number of halogens is 1. The molecular formula is C29H33BrN2O7S. The van der Waals surface area contributed by atoms with E-state index in [0.29, 0.717) is 22.6 Å². The highest BCUT2D eigenvalue weighted by Crippen LogP contribution is 2.45. The van der Waals surface area contributed by atoms with Gasteiger partial charge in [-0.1, -0.05) is 59.3 Å². The summed E-state index contributed by atoms with van der Waals surface area (Å²) in [7, 11) is -4.67. The van der Waals surface area contributed by atoms with Crippen LogP contribution in [0.15, 0.2) is 65.8 Å². The Bertz CT molecular complexity index is 1510. The quantitative estimate of drug-likeness (QED) is 0.152. The summed E-state index contributed by atoms with van der Waals surface area (Å²) in [6, 6.07) is 14.1. The third-order valence-electron chi connectivity index (χ3n) is 7.45. The van der Waals surface area contributed by atoms with Gasteiger partial charge in [0.1, 0.15) is 0 Å². The third kappa shape index (κ3) is 6.90. The van der Waals surface area contributed by atoms with Crippen molar-refractivity contribution in [2.45, 2.75) is 44.7 Å². The number of carbonyl (C=O) groups is 2. The summed E-state index contributed by atoms with van der Waals surface area (Å²) in [4.78, 5) is 28.2. The minimum Gasteiger partial charge on any atom is -0.457 e. The first kappa shape index (κ1) is 30.1. The second-order valence-corrected chi connectivity index (χ2v) is 11.9. The normalized spacial score (nSPS) is 20.2. The van der Waals surface area contributed by atoms with Gasteiger partial charge in [-0.2, -0.15) is 8.42 Å². The highest BCUT2D eigenvalue weighted by Gasteiger charge is 2.43. The average molecular weight is 634 g/mol. The van der Waals surface area contributed by atoms with Gasteiger partial charge in [-0.25, -0.2) is 0 Å². The first-order valence-corrected chi connectivity index (χ1v) is 15.3. The third-order valence-corrected chi connectivity index (χ3v) is 8.14. The lowest BCUT2D eigenvalue weighted by atomic mass is 9.72. The number of fused-ring (bicyclic) bond motifs is 2. The SMILES string of the molecule is C=CCN1CC(C(=O)OCC(=O)c2ccccc2Br)C[C@@H]2c3cccc4c3c(cn4CCC)C[C@H]21.O=S(=O)(O)O. The lowest BCUT2D eigenvalue weighted by Crippen LogP contribution is -2.51. The molecule has 5 rings (SSSR count). The fourth-order valence-electron chi connectivity index (χ4n) is 5.97. The second kappa shape index (κ2) is 12.8. The molecule has 1 fully saturated rings. The van der Waals surface area contributed by atoms with Crippen molar-refractivity contribution in [3.05, 3.63) is 82.5 Å². The number of rotatable bonds is 8. The van der Waals surface area contributed by atoms with Crippen molar-refractivity contribution >= 4 is 49.0 Å². The summed E-state index contributed by atoms with van der Waals surface area (Å²) in [5.74, 6) is -0.530. The van der Waals surface area contributed by atoms with Crippen LogP contribution in [0.1, 0.15) is 47.2 Å². The Hall–Kier alpha value is -2.83. The molecule has 0 amide bonds. The fourth-order valence-corrected chi connectivity index (χ4v) is 6.47. The zero-order valence-corrected chi connectivity index (χ0v) is 24.6. The van der Waals surface area contributed by atoms with Crippen LogP contribution in [-0.4, -0.2) is 64.5 Å². The Labute approximate surface area is 242 Å². The maximum Gasteiger partial charge on any atom is 0.394 e. The first-order valence-electron chi connectivity index (χ1n) is 13.1. The van der Waals surface area contributed by atoms with E-state index >= 15 is 0 Å². The summed E-state index contributed by atoms with van der Waals surface area (Å²) in [5, 5.41) is 1.36. The van der Waals surface area contributed by atoms with Crippen LogP contribution in [0.5, 0.6) is 0 Å². The van der Waals surface area contributed by atoms with Crippen LogP contribution in [0.4, 0.5) is 0 Å². The van der Waals surface area contributed by atoms with Gasteiger partial charge < -0.3 is 9.30 Å².